The lowest BCUT2D eigenvalue weighted by Gasteiger charge is -2.33. The molecule has 2 heterocycles. The molecule has 138 valence electrons. The van der Waals surface area contributed by atoms with Gasteiger partial charge in [0.25, 0.3) is 5.91 Å². The van der Waals surface area contributed by atoms with Gasteiger partial charge in [-0.1, -0.05) is 0 Å². The van der Waals surface area contributed by atoms with Gasteiger partial charge in [0, 0.05) is 31.6 Å². The van der Waals surface area contributed by atoms with E-state index in [1.54, 1.807) is 23.1 Å². The van der Waals surface area contributed by atoms with Crippen LogP contribution in [-0.4, -0.2) is 58.3 Å². The van der Waals surface area contributed by atoms with E-state index in [4.69, 9.17) is 9.47 Å². The highest BCUT2D eigenvalue weighted by molar-refractivity contribution is 7.88. The van der Waals surface area contributed by atoms with Gasteiger partial charge in [0.15, 0.2) is 11.5 Å². The van der Waals surface area contributed by atoms with Crippen molar-refractivity contribution in [1.82, 2.24) is 9.62 Å². The van der Waals surface area contributed by atoms with Crippen LogP contribution in [0.15, 0.2) is 18.2 Å². The summed E-state index contributed by atoms with van der Waals surface area (Å²) in [5.41, 5.74) is 0.570. The molecule has 1 aromatic rings. The first-order valence-corrected chi connectivity index (χ1v) is 10.4. The highest BCUT2D eigenvalue weighted by atomic mass is 32.2. The van der Waals surface area contributed by atoms with Gasteiger partial charge in [-0.05, 0) is 37.0 Å². The van der Waals surface area contributed by atoms with Crippen molar-refractivity contribution in [3.63, 3.8) is 0 Å². The molecule has 0 spiro atoms. The molecule has 7 nitrogen and oxygen atoms in total. The van der Waals surface area contributed by atoms with Gasteiger partial charge in [0.2, 0.25) is 10.0 Å². The van der Waals surface area contributed by atoms with Crippen LogP contribution in [0.3, 0.4) is 0 Å². The zero-order valence-electron chi connectivity index (χ0n) is 14.4. The molecule has 1 N–H and O–H groups in total. The predicted octanol–water partition coefficient (Wildman–Crippen LogP) is 1.25. The fourth-order valence-corrected chi connectivity index (χ4v) is 3.70. The van der Waals surface area contributed by atoms with Crippen LogP contribution < -0.4 is 14.2 Å². The molecule has 1 unspecified atom stereocenters. The fraction of sp³-hybridized carbons (Fsp3) is 0.588. The first-order valence-electron chi connectivity index (χ1n) is 8.56. The summed E-state index contributed by atoms with van der Waals surface area (Å²) in [6.45, 7) is 2.79. The average Bonchev–Trinajstić information content (AvgIpc) is 2.83. The van der Waals surface area contributed by atoms with Crippen molar-refractivity contribution in [2.75, 3.05) is 39.1 Å². The van der Waals surface area contributed by atoms with Gasteiger partial charge >= 0.3 is 0 Å². The lowest BCUT2D eigenvalue weighted by Crippen LogP contribution is -2.43. The Morgan fingerprint density at radius 1 is 1.24 bits per heavy atom. The minimum Gasteiger partial charge on any atom is -0.490 e. The Kier molecular flexibility index (Phi) is 5.48. The van der Waals surface area contributed by atoms with Crippen LogP contribution in [-0.2, 0) is 10.0 Å². The molecular formula is C17H24N2O5S. The fourth-order valence-electron chi connectivity index (χ4n) is 3.16. The predicted molar refractivity (Wildman–Crippen MR) is 93.5 cm³/mol. The summed E-state index contributed by atoms with van der Waals surface area (Å²) in [4.78, 5) is 14.6. The van der Waals surface area contributed by atoms with Gasteiger partial charge in [-0.2, -0.15) is 0 Å². The number of benzene rings is 1. The maximum absolute atomic E-state index is 12.8. The van der Waals surface area contributed by atoms with Crippen LogP contribution in [0.2, 0.25) is 0 Å². The van der Waals surface area contributed by atoms with E-state index in [-0.39, 0.29) is 11.8 Å². The Hall–Kier alpha value is -1.80. The number of likely N-dealkylation sites (tertiary alicyclic amines) is 1. The maximum atomic E-state index is 12.8. The normalized spacial score (nSPS) is 20.8. The summed E-state index contributed by atoms with van der Waals surface area (Å²) in [5.74, 6) is 1.35. The van der Waals surface area contributed by atoms with Gasteiger partial charge in [-0.3, -0.25) is 4.79 Å². The van der Waals surface area contributed by atoms with Crippen LogP contribution in [0.5, 0.6) is 11.5 Å². The number of ether oxygens (including phenoxy) is 2. The van der Waals surface area contributed by atoms with Crippen LogP contribution in [0, 0.1) is 5.92 Å². The Balaban J connectivity index is 1.67. The number of fused-ring (bicyclic) bond motifs is 1. The van der Waals surface area contributed by atoms with Crippen molar-refractivity contribution < 1.29 is 22.7 Å². The highest BCUT2D eigenvalue weighted by Gasteiger charge is 2.26. The van der Waals surface area contributed by atoms with E-state index in [0.29, 0.717) is 49.9 Å². The molecule has 1 aromatic carbocycles. The minimum absolute atomic E-state index is 0.0558. The van der Waals surface area contributed by atoms with Crippen LogP contribution in [0.4, 0.5) is 0 Å². The monoisotopic (exact) mass is 368 g/mol. The van der Waals surface area contributed by atoms with Crippen molar-refractivity contribution in [3.8, 4) is 11.5 Å². The number of nitrogens with one attached hydrogen (secondary N) is 1. The highest BCUT2D eigenvalue weighted by Crippen LogP contribution is 2.31. The molecule has 0 bridgehead atoms. The van der Waals surface area contributed by atoms with Gasteiger partial charge in [-0.15, -0.1) is 0 Å². The lowest BCUT2D eigenvalue weighted by molar-refractivity contribution is 0.0676. The van der Waals surface area contributed by atoms with E-state index in [1.165, 1.54) is 0 Å². The molecular weight excluding hydrogens is 344 g/mol. The number of hydrogen-bond donors (Lipinski definition) is 1. The topological polar surface area (TPSA) is 84.9 Å². The number of nitrogens with zero attached hydrogens (tertiary/aromatic N) is 1. The minimum atomic E-state index is -3.21. The largest absolute Gasteiger partial charge is 0.490 e. The number of sulfonamides is 1. The molecule has 1 saturated heterocycles. The van der Waals surface area contributed by atoms with E-state index in [2.05, 4.69) is 4.72 Å². The van der Waals surface area contributed by atoms with Gasteiger partial charge in [-0.25, -0.2) is 13.1 Å². The Morgan fingerprint density at radius 2 is 2.00 bits per heavy atom. The first kappa shape index (κ1) is 18.0. The van der Waals surface area contributed by atoms with Crippen LogP contribution in [0.25, 0.3) is 0 Å². The van der Waals surface area contributed by atoms with Gasteiger partial charge in [0.1, 0.15) is 0 Å². The first-order chi connectivity index (χ1) is 11.9. The van der Waals surface area contributed by atoms with Crippen LogP contribution in [0.1, 0.15) is 29.6 Å². The number of hydrogen-bond acceptors (Lipinski definition) is 5. The number of piperidine rings is 1. The molecule has 0 aromatic heterocycles. The molecule has 0 aliphatic carbocycles. The van der Waals surface area contributed by atoms with E-state index in [9.17, 15) is 13.2 Å². The molecule has 2 aliphatic heterocycles. The molecule has 1 amide bonds. The quantitative estimate of drug-likeness (QED) is 0.865. The van der Waals surface area contributed by atoms with Crippen molar-refractivity contribution in [1.29, 1.82) is 0 Å². The third-order valence-corrected chi connectivity index (χ3v) is 5.13. The molecule has 2 aliphatic rings. The van der Waals surface area contributed by atoms with E-state index in [0.717, 1.165) is 25.5 Å². The van der Waals surface area contributed by atoms with Crippen molar-refractivity contribution >= 4 is 15.9 Å². The third-order valence-electron chi connectivity index (χ3n) is 4.43. The molecule has 3 rings (SSSR count). The number of amides is 1. The molecule has 0 saturated carbocycles. The average molecular weight is 368 g/mol. The zero-order chi connectivity index (χ0) is 17.9. The third kappa shape index (κ3) is 4.85. The number of rotatable bonds is 4. The molecule has 0 radical (unpaired) electrons. The number of carbonyl (C=O) groups excluding carboxylic acids is 1. The second kappa shape index (κ2) is 7.61. The van der Waals surface area contributed by atoms with Gasteiger partial charge < -0.3 is 14.4 Å². The number of carbonyl (C=O) groups is 1. The smallest absolute Gasteiger partial charge is 0.254 e. The van der Waals surface area contributed by atoms with Crippen LogP contribution >= 0.6 is 0 Å². The summed E-state index contributed by atoms with van der Waals surface area (Å²) < 4.78 is 36.3. The summed E-state index contributed by atoms with van der Waals surface area (Å²) >= 11 is 0. The summed E-state index contributed by atoms with van der Waals surface area (Å²) in [5, 5.41) is 0. The summed E-state index contributed by atoms with van der Waals surface area (Å²) in [6, 6.07) is 5.27. The Labute approximate surface area is 148 Å². The van der Waals surface area contributed by atoms with E-state index in [1.807, 2.05) is 0 Å². The lowest BCUT2D eigenvalue weighted by atomic mass is 9.97. The molecule has 8 heteroatoms. The maximum Gasteiger partial charge on any atom is 0.254 e. The SMILES string of the molecule is CS(=O)(=O)NCC1CCCN(C(=O)c2ccc3c(c2)OCCCO3)C1. The zero-order valence-corrected chi connectivity index (χ0v) is 15.2. The Bertz CT molecular complexity index is 735. The summed E-state index contributed by atoms with van der Waals surface area (Å²) in [6.07, 6.45) is 3.75. The standard InChI is InChI=1S/C17H24N2O5S/c1-25(21,22)18-11-13-4-2-7-19(12-13)17(20)14-5-6-15-16(10-14)24-9-3-8-23-15/h5-6,10,13,18H,2-4,7-9,11-12H2,1H3. The summed E-state index contributed by atoms with van der Waals surface area (Å²) in [7, 11) is -3.21. The Morgan fingerprint density at radius 3 is 2.76 bits per heavy atom. The molecule has 25 heavy (non-hydrogen) atoms. The van der Waals surface area contributed by atoms with Crippen molar-refractivity contribution in [2.45, 2.75) is 19.3 Å². The molecule has 1 atom stereocenters. The second-order valence-electron chi connectivity index (χ2n) is 6.59. The molecule has 1 fully saturated rings. The van der Waals surface area contributed by atoms with Gasteiger partial charge in [0.05, 0.1) is 19.5 Å². The van der Waals surface area contributed by atoms with E-state index < -0.39 is 10.0 Å². The second-order valence-corrected chi connectivity index (χ2v) is 8.43. The van der Waals surface area contributed by atoms with E-state index >= 15 is 0 Å². The van der Waals surface area contributed by atoms with Crippen molar-refractivity contribution in [2.24, 2.45) is 5.92 Å². The van der Waals surface area contributed by atoms with Crippen molar-refractivity contribution in [3.05, 3.63) is 23.8 Å².